The van der Waals surface area contributed by atoms with E-state index in [0.29, 0.717) is 12.2 Å². The van der Waals surface area contributed by atoms with E-state index >= 15 is 0 Å². The highest BCUT2D eigenvalue weighted by molar-refractivity contribution is 5.94. The van der Waals surface area contributed by atoms with Gasteiger partial charge in [0.15, 0.2) is 0 Å². The Labute approximate surface area is 122 Å². The average Bonchev–Trinajstić information content (AvgIpc) is 2.79. The minimum Gasteiger partial charge on any atom is -0.379 e. The number of nitrogens with zero attached hydrogens (tertiary/aromatic N) is 3. The summed E-state index contributed by atoms with van der Waals surface area (Å²) in [6.45, 7) is 0.501. The number of rotatable bonds is 5. The molecular formula is C14H18FN5O. The fourth-order valence-corrected chi connectivity index (χ4v) is 2.03. The number of carbonyl (C=O) groups is 1. The minimum absolute atomic E-state index is 0.126. The van der Waals surface area contributed by atoms with Crippen molar-refractivity contribution >= 4 is 17.5 Å². The SMILES string of the molecule is CN(C)c1ncc(CNc2ccc(F)c(C(N)=O)c2)n1C. The Morgan fingerprint density at radius 3 is 2.76 bits per heavy atom. The van der Waals surface area contributed by atoms with Crippen LogP contribution in [0.2, 0.25) is 0 Å². The Balaban J connectivity index is 2.13. The number of nitrogens with one attached hydrogen (secondary N) is 1. The summed E-state index contributed by atoms with van der Waals surface area (Å²) >= 11 is 0. The molecule has 1 amide bonds. The van der Waals surface area contributed by atoms with Gasteiger partial charge in [-0.2, -0.15) is 0 Å². The molecule has 0 spiro atoms. The minimum atomic E-state index is -0.786. The average molecular weight is 291 g/mol. The molecule has 1 aromatic carbocycles. The number of nitrogens with two attached hydrogens (primary N) is 1. The molecule has 1 aromatic heterocycles. The molecule has 0 bridgehead atoms. The molecule has 0 atom stereocenters. The normalized spacial score (nSPS) is 10.5. The van der Waals surface area contributed by atoms with Gasteiger partial charge in [0.1, 0.15) is 5.82 Å². The van der Waals surface area contributed by atoms with Gasteiger partial charge in [0.2, 0.25) is 5.95 Å². The largest absolute Gasteiger partial charge is 0.379 e. The Bertz CT molecular complexity index is 665. The van der Waals surface area contributed by atoms with E-state index in [1.54, 1.807) is 12.3 Å². The summed E-state index contributed by atoms with van der Waals surface area (Å²) in [5.74, 6) is -0.571. The molecule has 6 nitrogen and oxygen atoms in total. The molecule has 21 heavy (non-hydrogen) atoms. The standard InChI is InChI=1S/C14H18FN5O/c1-19(2)14-18-8-10(20(14)3)7-17-9-4-5-12(15)11(6-9)13(16)21/h4-6,8,17H,7H2,1-3H3,(H2,16,21). The lowest BCUT2D eigenvalue weighted by Gasteiger charge is -2.13. The summed E-state index contributed by atoms with van der Waals surface area (Å²) in [5.41, 5.74) is 6.58. The first-order valence-electron chi connectivity index (χ1n) is 6.41. The van der Waals surface area contributed by atoms with Gasteiger partial charge in [-0.25, -0.2) is 9.37 Å². The van der Waals surface area contributed by atoms with Gasteiger partial charge in [0, 0.05) is 26.8 Å². The zero-order chi connectivity index (χ0) is 15.6. The highest BCUT2D eigenvalue weighted by Gasteiger charge is 2.10. The number of anilines is 2. The van der Waals surface area contributed by atoms with Crippen LogP contribution in [0.4, 0.5) is 16.0 Å². The second-order valence-corrected chi connectivity index (χ2v) is 4.92. The van der Waals surface area contributed by atoms with Crippen LogP contribution >= 0.6 is 0 Å². The van der Waals surface area contributed by atoms with Crippen LogP contribution in [0.3, 0.4) is 0 Å². The fourth-order valence-electron chi connectivity index (χ4n) is 2.03. The second-order valence-electron chi connectivity index (χ2n) is 4.92. The third kappa shape index (κ3) is 3.13. The molecule has 1 heterocycles. The van der Waals surface area contributed by atoms with Crippen molar-refractivity contribution in [2.75, 3.05) is 24.3 Å². The Morgan fingerprint density at radius 2 is 2.19 bits per heavy atom. The molecule has 3 N–H and O–H groups in total. The van der Waals surface area contributed by atoms with Crippen LogP contribution < -0.4 is 16.0 Å². The van der Waals surface area contributed by atoms with Crippen LogP contribution in [0.1, 0.15) is 16.1 Å². The molecule has 7 heteroatoms. The zero-order valence-electron chi connectivity index (χ0n) is 12.2. The van der Waals surface area contributed by atoms with E-state index in [-0.39, 0.29) is 5.56 Å². The summed E-state index contributed by atoms with van der Waals surface area (Å²) in [4.78, 5) is 17.3. The lowest BCUT2D eigenvalue weighted by atomic mass is 10.2. The van der Waals surface area contributed by atoms with Crippen molar-refractivity contribution in [1.82, 2.24) is 9.55 Å². The zero-order valence-corrected chi connectivity index (χ0v) is 12.2. The number of hydrogen-bond donors (Lipinski definition) is 2. The van der Waals surface area contributed by atoms with E-state index in [2.05, 4.69) is 10.3 Å². The highest BCUT2D eigenvalue weighted by atomic mass is 19.1. The van der Waals surface area contributed by atoms with E-state index in [9.17, 15) is 9.18 Å². The predicted octanol–water partition coefficient (Wildman–Crippen LogP) is 1.34. The van der Waals surface area contributed by atoms with Gasteiger partial charge in [-0.3, -0.25) is 4.79 Å². The molecule has 0 aliphatic rings. The fraction of sp³-hybridized carbons (Fsp3) is 0.286. The van der Waals surface area contributed by atoms with Crippen molar-refractivity contribution in [2.45, 2.75) is 6.54 Å². The van der Waals surface area contributed by atoms with Crippen molar-refractivity contribution in [3.8, 4) is 0 Å². The second kappa shape index (κ2) is 5.82. The van der Waals surface area contributed by atoms with Crippen molar-refractivity contribution in [3.05, 3.63) is 41.5 Å². The van der Waals surface area contributed by atoms with Crippen LogP contribution in [0.5, 0.6) is 0 Å². The number of primary amides is 1. The van der Waals surface area contributed by atoms with E-state index in [0.717, 1.165) is 11.6 Å². The number of hydrogen-bond acceptors (Lipinski definition) is 4. The Kier molecular flexibility index (Phi) is 4.11. The van der Waals surface area contributed by atoms with Crippen LogP contribution in [0, 0.1) is 5.82 Å². The van der Waals surface area contributed by atoms with Crippen molar-refractivity contribution in [1.29, 1.82) is 0 Å². The third-order valence-corrected chi connectivity index (χ3v) is 3.17. The number of imidazole rings is 1. The van der Waals surface area contributed by atoms with Crippen LogP contribution in [0.15, 0.2) is 24.4 Å². The molecule has 0 fully saturated rings. The van der Waals surface area contributed by atoms with Crippen molar-refractivity contribution in [3.63, 3.8) is 0 Å². The van der Waals surface area contributed by atoms with E-state index in [1.807, 2.05) is 30.6 Å². The first kappa shape index (κ1) is 14.8. The van der Waals surface area contributed by atoms with Gasteiger partial charge in [-0.05, 0) is 18.2 Å². The summed E-state index contributed by atoms with van der Waals surface area (Å²) < 4.78 is 15.3. The van der Waals surface area contributed by atoms with E-state index in [1.165, 1.54) is 12.1 Å². The Morgan fingerprint density at radius 1 is 1.48 bits per heavy atom. The number of carbonyl (C=O) groups excluding carboxylic acids is 1. The van der Waals surface area contributed by atoms with Gasteiger partial charge in [-0.1, -0.05) is 0 Å². The molecule has 0 radical (unpaired) electrons. The maximum atomic E-state index is 13.4. The van der Waals surface area contributed by atoms with E-state index < -0.39 is 11.7 Å². The summed E-state index contributed by atoms with van der Waals surface area (Å²) in [6, 6.07) is 4.18. The molecule has 0 aliphatic heterocycles. The summed E-state index contributed by atoms with van der Waals surface area (Å²) in [5, 5.41) is 3.12. The number of halogens is 1. The van der Waals surface area contributed by atoms with Gasteiger partial charge in [-0.15, -0.1) is 0 Å². The predicted molar refractivity (Wildman–Crippen MR) is 79.8 cm³/mol. The molecule has 0 aliphatic carbocycles. The Hall–Kier alpha value is -2.57. The molecule has 2 aromatic rings. The number of aromatic nitrogens is 2. The lowest BCUT2D eigenvalue weighted by molar-refractivity contribution is 0.0996. The van der Waals surface area contributed by atoms with Crippen LogP contribution in [-0.4, -0.2) is 29.6 Å². The quantitative estimate of drug-likeness (QED) is 0.871. The number of benzene rings is 1. The smallest absolute Gasteiger partial charge is 0.251 e. The summed E-state index contributed by atoms with van der Waals surface area (Å²) in [7, 11) is 5.75. The summed E-state index contributed by atoms with van der Waals surface area (Å²) in [6.07, 6.45) is 1.76. The van der Waals surface area contributed by atoms with Gasteiger partial charge >= 0.3 is 0 Å². The van der Waals surface area contributed by atoms with Crippen molar-refractivity contribution < 1.29 is 9.18 Å². The third-order valence-electron chi connectivity index (χ3n) is 3.17. The molecule has 0 saturated heterocycles. The molecular weight excluding hydrogens is 273 g/mol. The molecule has 112 valence electrons. The van der Waals surface area contributed by atoms with Gasteiger partial charge in [0.05, 0.1) is 24.0 Å². The first-order chi connectivity index (χ1) is 9.90. The van der Waals surface area contributed by atoms with Gasteiger partial charge < -0.3 is 20.5 Å². The van der Waals surface area contributed by atoms with Crippen LogP contribution in [-0.2, 0) is 13.6 Å². The first-order valence-corrected chi connectivity index (χ1v) is 6.41. The van der Waals surface area contributed by atoms with E-state index in [4.69, 9.17) is 5.73 Å². The number of amides is 1. The maximum absolute atomic E-state index is 13.4. The lowest BCUT2D eigenvalue weighted by Crippen LogP contribution is -2.16. The van der Waals surface area contributed by atoms with Gasteiger partial charge in [0.25, 0.3) is 5.91 Å². The maximum Gasteiger partial charge on any atom is 0.251 e. The topological polar surface area (TPSA) is 76.2 Å². The molecule has 2 rings (SSSR count). The molecule has 0 saturated carbocycles. The van der Waals surface area contributed by atoms with Crippen LogP contribution in [0.25, 0.3) is 0 Å². The highest BCUT2D eigenvalue weighted by Crippen LogP contribution is 2.17. The molecule has 0 unspecified atom stereocenters. The monoisotopic (exact) mass is 291 g/mol. The van der Waals surface area contributed by atoms with Crippen molar-refractivity contribution in [2.24, 2.45) is 12.8 Å².